The highest BCUT2D eigenvalue weighted by Crippen LogP contribution is 2.20. The van der Waals surface area contributed by atoms with Crippen LogP contribution in [0.3, 0.4) is 0 Å². The van der Waals surface area contributed by atoms with Crippen molar-refractivity contribution in [1.29, 1.82) is 0 Å². The van der Waals surface area contributed by atoms with Gasteiger partial charge >= 0.3 is 12.0 Å². The van der Waals surface area contributed by atoms with Gasteiger partial charge in [-0.25, -0.2) is 9.59 Å². The maximum Gasteiger partial charge on any atom is 0.337 e. The number of aromatic carboxylic acids is 1. The van der Waals surface area contributed by atoms with E-state index in [1.54, 1.807) is 23.1 Å². The summed E-state index contributed by atoms with van der Waals surface area (Å²) in [6, 6.07) is 5.60. The number of carbonyl (C=O) groups is 2. The lowest BCUT2D eigenvalue weighted by molar-refractivity contribution is 0.0697. The second kappa shape index (κ2) is 6.76. The first-order chi connectivity index (χ1) is 10.1. The van der Waals surface area contributed by atoms with Crippen LogP contribution in [0.4, 0.5) is 10.5 Å². The third-order valence-electron chi connectivity index (χ3n) is 2.64. The molecule has 3 N–H and O–H groups in total. The highest BCUT2D eigenvalue weighted by Gasteiger charge is 2.10. The van der Waals surface area contributed by atoms with Gasteiger partial charge in [-0.05, 0) is 24.3 Å². The quantitative estimate of drug-likeness (QED) is 0.787. The van der Waals surface area contributed by atoms with E-state index < -0.39 is 12.0 Å². The summed E-state index contributed by atoms with van der Waals surface area (Å²) in [5, 5.41) is 18.2. The molecule has 2 aromatic rings. The first kappa shape index (κ1) is 14.9. The summed E-state index contributed by atoms with van der Waals surface area (Å²) < 4.78 is 1.69. The van der Waals surface area contributed by atoms with E-state index in [9.17, 15) is 9.59 Å². The van der Waals surface area contributed by atoms with Gasteiger partial charge in [-0.15, -0.1) is 0 Å². The van der Waals surface area contributed by atoms with Crippen molar-refractivity contribution >= 4 is 29.3 Å². The fourth-order valence-corrected chi connectivity index (χ4v) is 1.92. The smallest absolute Gasteiger partial charge is 0.337 e. The predicted molar refractivity (Wildman–Crippen MR) is 77.7 cm³/mol. The topological polar surface area (TPSA) is 96.3 Å². The molecule has 0 bridgehead atoms. The number of hydrogen-bond donors (Lipinski definition) is 3. The van der Waals surface area contributed by atoms with Gasteiger partial charge in [0.2, 0.25) is 0 Å². The Morgan fingerprint density at radius 3 is 2.81 bits per heavy atom. The molecule has 0 spiro atoms. The number of hydrogen-bond acceptors (Lipinski definition) is 3. The van der Waals surface area contributed by atoms with Crippen LogP contribution in [0, 0.1) is 0 Å². The number of anilines is 1. The summed E-state index contributed by atoms with van der Waals surface area (Å²) in [7, 11) is 0. The average Bonchev–Trinajstić information content (AvgIpc) is 2.91. The van der Waals surface area contributed by atoms with Gasteiger partial charge in [0.25, 0.3) is 0 Å². The monoisotopic (exact) mass is 308 g/mol. The van der Waals surface area contributed by atoms with Crippen molar-refractivity contribution in [3.05, 3.63) is 47.2 Å². The number of amides is 2. The Morgan fingerprint density at radius 1 is 1.38 bits per heavy atom. The number of aromatic nitrogens is 2. The van der Waals surface area contributed by atoms with Crippen molar-refractivity contribution in [1.82, 2.24) is 15.1 Å². The average molecular weight is 309 g/mol. The summed E-state index contributed by atoms with van der Waals surface area (Å²) in [5.41, 5.74) is 0.405. The molecule has 1 aromatic carbocycles. The molecule has 0 unspecified atom stereocenters. The van der Waals surface area contributed by atoms with E-state index in [4.69, 9.17) is 16.7 Å². The number of urea groups is 1. The van der Waals surface area contributed by atoms with Crippen molar-refractivity contribution in [3.8, 4) is 0 Å². The molecule has 1 aromatic heterocycles. The number of halogens is 1. The molecule has 0 fully saturated rings. The SMILES string of the molecule is O=C(NCCn1cccn1)Nc1ccc(C(=O)O)c(Cl)c1. The van der Waals surface area contributed by atoms with E-state index in [-0.39, 0.29) is 10.6 Å². The summed E-state index contributed by atoms with van der Waals surface area (Å²) in [4.78, 5) is 22.5. The van der Waals surface area contributed by atoms with E-state index in [0.29, 0.717) is 18.8 Å². The van der Waals surface area contributed by atoms with Crippen molar-refractivity contribution in [2.75, 3.05) is 11.9 Å². The van der Waals surface area contributed by atoms with Crippen LogP contribution in [0.15, 0.2) is 36.7 Å². The van der Waals surface area contributed by atoms with Gasteiger partial charge in [0.05, 0.1) is 17.1 Å². The third kappa shape index (κ3) is 4.22. The molecule has 0 aliphatic rings. The zero-order valence-corrected chi connectivity index (χ0v) is 11.7. The molecule has 1 heterocycles. The normalized spacial score (nSPS) is 10.1. The molecule has 0 saturated heterocycles. The second-order valence-electron chi connectivity index (χ2n) is 4.15. The van der Waals surface area contributed by atoms with Crippen molar-refractivity contribution in [3.63, 3.8) is 0 Å². The predicted octanol–water partition coefficient (Wildman–Crippen LogP) is 2.06. The first-order valence-corrected chi connectivity index (χ1v) is 6.49. The minimum atomic E-state index is -1.12. The number of nitrogens with one attached hydrogen (secondary N) is 2. The van der Waals surface area contributed by atoms with Crippen LogP contribution in [0.5, 0.6) is 0 Å². The first-order valence-electron chi connectivity index (χ1n) is 6.11. The van der Waals surface area contributed by atoms with Gasteiger partial charge in [-0.3, -0.25) is 4.68 Å². The fraction of sp³-hybridized carbons (Fsp3) is 0.154. The molecule has 0 saturated carbocycles. The van der Waals surface area contributed by atoms with Crippen LogP contribution in [0.1, 0.15) is 10.4 Å². The van der Waals surface area contributed by atoms with Crippen LogP contribution < -0.4 is 10.6 Å². The second-order valence-corrected chi connectivity index (χ2v) is 4.56. The summed E-state index contributed by atoms with van der Waals surface area (Å²) >= 11 is 5.82. The van der Waals surface area contributed by atoms with Crippen LogP contribution in [0.2, 0.25) is 5.02 Å². The number of carboxylic acid groups (broad SMARTS) is 1. The van der Waals surface area contributed by atoms with Gasteiger partial charge in [0, 0.05) is 24.6 Å². The lowest BCUT2D eigenvalue weighted by Gasteiger charge is -2.08. The van der Waals surface area contributed by atoms with Gasteiger partial charge in [-0.2, -0.15) is 5.10 Å². The Balaban J connectivity index is 1.85. The molecule has 2 rings (SSSR count). The maximum atomic E-state index is 11.7. The highest BCUT2D eigenvalue weighted by atomic mass is 35.5. The third-order valence-corrected chi connectivity index (χ3v) is 2.96. The molecular formula is C13H13ClN4O3. The fourth-order valence-electron chi connectivity index (χ4n) is 1.66. The standard InChI is InChI=1S/C13H13ClN4O3/c14-11-8-9(2-3-10(11)12(19)20)17-13(21)15-5-7-18-6-1-4-16-18/h1-4,6,8H,5,7H2,(H,19,20)(H2,15,17,21). The number of benzene rings is 1. The number of carbonyl (C=O) groups excluding carboxylic acids is 1. The molecule has 2 amide bonds. The molecule has 110 valence electrons. The zero-order valence-electron chi connectivity index (χ0n) is 10.9. The van der Waals surface area contributed by atoms with Crippen molar-refractivity contribution in [2.45, 2.75) is 6.54 Å². The molecule has 0 atom stereocenters. The lowest BCUT2D eigenvalue weighted by Crippen LogP contribution is -2.31. The summed E-state index contributed by atoms with van der Waals surface area (Å²) in [5.74, 6) is -1.12. The Bertz CT molecular complexity index is 643. The lowest BCUT2D eigenvalue weighted by atomic mass is 10.2. The molecule has 21 heavy (non-hydrogen) atoms. The van der Waals surface area contributed by atoms with Gasteiger partial charge in [0.15, 0.2) is 0 Å². The van der Waals surface area contributed by atoms with E-state index >= 15 is 0 Å². The number of carboxylic acids is 1. The molecule has 0 aliphatic carbocycles. The molecule has 0 radical (unpaired) electrons. The van der Waals surface area contributed by atoms with E-state index in [1.165, 1.54) is 18.2 Å². The maximum absolute atomic E-state index is 11.7. The van der Waals surface area contributed by atoms with Gasteiger partial charge in [0.1, 0.15) is 0 Å². The zero-order chi connectivity index (χ0) is 15.2. The Morgan fingerprint density at radius 2 is 2.19 bits per heavy atom. The largest absolute Gasteiger partial charge is 0.478 e. The number of rotatable bonds is 5. The van der Waals surface area contributed by atoms with E-state index in [1.807, 2.05) is 0 Å². The summed E-state index contributed by atoms with van der Waals surface area (Å²) in [6.45, 7) is 0.966. The minimum absolute atomic E-state index is 0.0127. The van der Waals surface area contributed by atoms with Crippen LogP contribution >= 0.6 is 11.6 Å². The van der Waals surface area contributed by atoms with E-state index in [2.05, 4.69) is 15.7 Å². The van der Waals surface area contributed by atoms with Gasteiger partial charge in [-0.1, -0.05) is 11.6 Å². The van der Waals surface area contributed by atoms with Crippen molar-refractivity contribution < 1.29 is 14.7 Å². The Kier molecular flexibility index (Phi) is 4.78. The molecular weight excluding hydrogens is 296 g/mol. The van der Waals surface area contributed by atoms with Crippen LogP contribution in [0.25, 0.3) is 0 Å². The van der Waals surface area contributed by atoms with Crippen LogP contribution in [-0.4, -0.2) is 33.4 Å². The molecule has 7 nitrogen and oxygen atoms in total. The summed E-state index contributed by atoms with van der Waals surface area (Å²) in [6.07, 6.45) is 3.45. The van der Waals surface area contributed by atoms with Crippen molar-refractivity contribution in [2.24, 2.45) is 0 Å². The van der Waals surface area contributed by atoms with E-state index in [0.717, 1.165) is 0 Å². The van der Waals surface area contributed by atoms with Crippen LogP contribution in [-0.2, 0) is 6.54 Å². The minimum Gasteiger partial charge on any atom is -0.478 e. The van der Waals surface area contributed by atoms with Gasteiger partial charge < -0.3 is 15.7 Å². The molecule has 0 aliphatic heterocycles. The number of nitrogens with zero attached hydrogens (tertiary/aromatic N) is 2. The Labute approximate surface area is 125 Å². The molecule has 8 heteroatoms. The Hall–Kier alpha value is -2.54. The highest BCUT2D eigenvalue weighted by molar-refractivity contribution is 6.33.